The number of hydrogen-bond acceptors (Lipinski definition) is 4. The summed E-state index contributed by atoms with van der Waals surface area (Å²) in [7, 11) is 1.58. The molecule has 4 rings (SSSR count). The molecule has 1 unspecified atom stereocenters. The third-order valence-corrected chi connectivity index (χ3v) is 5.81. The van der Waals surface area contributed by atoms with Crippen LogP contribution < -0.4 is 9.64 Å². The molecule has 9 heteroatoms. The summed E-state index contributed by atoms with van der Waals surface area (Å²) < 4.78 is 45.1. The number of alkyl halides is 3. The lowest BCUT2D eigenvalue weighted by Gasteiger charge is -2.29. The molecule has 168 valence electrons. The predicted octanol–water partition coefficient (Wildman–Crippen LogP) is 5.05. The van der Waals surface area contributed by atoms with Gasteiger partial charge in [0.2, 0.25) is 0 Å². The van der Waals surface area contributed by atoms with Crippen LogP contribution in [0.1, 0.15) is 41.4 Å². The molecule has 1 saturated carbocycles. The van der Waals surface area contributed by atoms with E-state index in [2.05, 4.69) is 10.1 Å². The molecule has 32 heavy (non-hydrogen) atoms. The number of hydrogen-bond donors (Lipinski definition) is 0. The molecule has 0 aliphatic heterocycles. The van der Waals surface area contributed by atoms with Gasteiger partial charge in [-0.25, -0.2) is 9.67 Å². The zero-order valence-electron chi connectivity index (χ0n) is 17.9. The van der Waals surface area contributed by atoms with Gasteiger partial charge in [0.1, 0.15) is 5.75 Å². The second kappa shape index (κ2) is 8.29. The maximum Gasteiger partial charge on any atom is 0.417 e. The first-order valence-electron chi connectivity index (χ1n) is 10.3. The number of anilines is 1. The molecule has 6 nitrogen and oxygen atoms in total. The van der Waals surface area contributed by atoms with Gasteiger partial charge in [-0.1, -0.05) is 0 Å². The van der Waals surface area contributed by atoms with Crippen molar-refractivity contribution >= 4 is 11.6 Å². The fraction of sp³-hybridized carbons (Fsp3) is 0.348. The Morgan fingerprint density at radius 3 is 2.38 bits per heavy atom. The summed E-state index contributed by atoms with van der Waals surface area (Å²) >= 11 is 0. The lowest BCUT2D eigenvalue weighted by atomic mass is 10.1. The van der Waals surface area contributed by atoms with Gasteiger partial charge >= 0.3 is 6.18 Å². The topological polar surface area (TPSA) is 60.2 Å². The molecular weight excluding hydrogens is 421 g/mol. The molecule has 0 radical (unpaired) electrons. The van der Waals surface area contributed by atoms with Crippen LogP contribution in [0.15, 0.2) is 48.8 Å². The molecule has 2 heterocycles. The van der Waals surface area contributed by atoms with E-state index in [4.69, 9.17) is 4.74 Å². The normalized spacial score (nSPS) is 14.8. The van der Waals surface area contributed by atoms with Crippen LogP contribution >= 0.6 is 0 Å². The van der Waals surface area contributed by atoms with Crippen LogP contribution in [0.25, 0.3) is 5.82 Å². The lowest BCUT2D eigenvalue weighted by molar-refractivity contribution is -0.137. The fourth-order valence-corrected chi connectivity index (χ4v) is 3.73. The summed E-state index contributed by atoms with van der Waals surface area (Å²) in [6.45, 7) is 3.73. The van der Waals surface area contributed by atoms with E-state index >= 15 is 0 Å². The Morgan fingerprint density at radius 1 is 1.16 bits per heavy atom. The number of pyridine rings is 1. The number of halogens is 3. The van der Waals surface area contributed by atoms with Gasteiger partial charge in [-0.2, -0.15) is 18.3 Å². The molecule has 0 bridgehead atoms. The number of carbonyl (C=O) groups is 1. The largest absolute Gasteiger partial charge is 0.497 e. The molecule has 2 aromatic heterocycles. The van der Waals surface area contributed by atoms with Crippen molar-refractivity contribution in [3.8, 4) is 11.6 Å². The Hall–Kier alpha value is -3.36. The first-order valence-corrected chi connectivity index (χ1v) is 10.3. The van der Waals surface area contributed by atoms with Gasteiger partial charge in [0, 0.05) is 17.9 Å². The Balaban J connectivity index is 1.66. The van der Waals surface area contributed by atoms with Gasteiger partial charge in [0.25, 0.3) is 5.91 Å². The number of aromatic nitrogens is 3. The number of methoxy groups -OCH3 is 1. The van der Waals surface area contributed by atoms with Gasteiger partial charge in [0.15, 0.2) is 5.82 Å². The van der Waals surface area contributed by atoms with Crippen LogP contribution in [-0.4, -0.2) is 33.8 Å². The van der Waals surface area contributed by atoms with Crippen molar-refractivity contribution in [2.45, 2.75) is 38.9 Å². The first-order chi connectivity index (χ1) is 15.2. The molecular formula is C23H23F3N4O2. The number of benzene rings is 1. The zero-order valence-corrected chi connectivity index (χ0v) is 17.9. The van der Waals surface area contributed by atoms with Crippen LogP contribution in [0.3, 0.4) is 0 Å². The second-order valence-corrected chi connectivity index (χ2v) is 7.91. The van der Waals surface area contributed by atoms with E-state index in [0.717, 1.165) is 30.8 Å². The summed E-state index contributed by atoms with van der Waals surface area (Å²) in [6, 6.07) is 9.46. The number of rotatable bonds is 6. The smallest absolute Gasteiger partial charge is 0.417 e. The highest BCUT2D eigenvalue weighted by atomic mass is 19.4. The van der Waals surface area contributed by atoms with Crippen molar-refractivity contribution in [2.24, 2.45) is 5.92 Å². The molecule has 3 aromatic rings. The first kappa shape index (κ1) is 21.9. The quantitative estimate of drug-likeness (QED) is 0.534. The average molecular weight is 444 g/mol. The van der Waals surface area contributed by atoms with Crippen LogP contribution in [0.4, 0.5) is 18.9 Å². The Labute approximate surface area is 183 Å². The van der Waals surface area contributed by atoms with Crippen molar-refractivity contribution in [1.29, 1.82) is 0 Å². The third kappa shape index (κ3) is 4.19. The standard InChI is InChI=1S/C23H23F3N4O2/c1-14(16-4-5-16)29(18-7-9-19(32-3)10-8-18)22(31)20-13-28-30(15(20)2)21-11-6-17(12-27-21)23(24,25)26/h6-14,16H,4-5H2,1-3H3. The highest BCUT2D eigenvalue weighted by molar-refractivity contribution is 6.07. The maximum atomic E-state index is 13.6. The van der Waals surface area contributed by atoms with Gasteiger partial charge in [-0.05, 0) is 69.0 Å². The van der Waals surface area contributed by atoms with Gasteiger partial charge in [0.05, 0.1) is 30.1 Å². The minimum atomic E-state index is -4.47. The molecule has 1 fully saturated rings. The van der Waals surface area contributed by atoms with Gasteiger partial charge in [-0.15, -0.1) is 0 Å². The van der Waals surface area contributed by atoms with Crippen molar-refractivity contribution in [1.82, 2.24) is 14.8 Å². The monoisotopic (exact) mass is 444 g/mol. The molecule has 1 aliphatic rings. The van der Waals surface area contributed by atoms with E-state index in [1.165, 1.54) is 16.9 Å². The SMILES string of the molecule is COc1ccc(N(C(=O)c2cnn(-c3ccc(C(F)(F)F)cn3)c2C)C(C)C2CC2)cc1. The highest BCUT2D eigenvalue weighted by Crippen LogP contribution is 2.38. The summed E-state index contributed by atoms with van der Waals surface area (Å²) in [4.78, 5) is 19.2. The van der Waals surface area contributed by atoms with Gasteiger partial charge in [-0.3, -0.25) is 4.79 Å². The number of ether oxygens (including phenoxy) is 1. The van der Waals surface area contributed by atoms with E-state index in [9.17, 15) is 18.0 Å². The Bertz CT molecular complexity index is 1100. The van der Waals surface area contributed by atoms with Crippen molar-refractivity contribution in [2.75, 3.05) is 12.0 Å². The molecule has 0 spiro atoms. The molecule has 1 aromatic carbocycles. The van der Waals surface area contributed by atoms with Crippen LogP contribution in [-0.2, 0) is 6.18 Å². The van der Waals surface area contributed by atoms with E-state index < -0.39 is 11.7 Å². The number of amides is 1. The van der Waals surface area contributed by atoms with Crippen molar-refractivity contribution in [3.05, 3.63) is 65.6 Å². The van der Waals surface area contributed by atoms with E-state index in [0.29, 0.717) is 22.9 Å². The zero-order chi connectivity index (χ0) is 23.0. The average Bonchev–Trinajstić information content (AvgIpc) is 3.56. The summed E-state index contributed by atoms with van der Waals surface area (Å²) in [6.07, 6.45) is -0.142. The molecule has 0 saturated heterocycles. The van der Waals surface area contributed by atoms with Crippen molar-refractivity contribution in [3.63, 3.8) is 0 Å². The Morgan fingerprint density at radius 2 is 1.84 bits per heavy atom. The van der Waals surface area contributed by atoms with Crippen LogP contribution in [0.5, 0.6) is 5.75 Å². The summed E-state index contributed by atoms with van der Waals surface area (Å²) in [5, 5.41) is 4.23. The summed E-state index contributed by atoms with van der Waals surface area (Å²) in [5.41, 5.74) is 0.778. The molecule has 0 N–H and O–H groups in total. The maximum absolute atomic E-state index is 13.6. The van der Waals surface area contributed by atoms with E-state index in [1.54, 1.807) is 31.1 Å². The van der Waals surface area contributed by atoms with Gasteiger partial charge < -0.3 is 9.64 Å². The number of carbonyl (C=O) groups excluding carboxylic acids is 1. The van der Waals surface area contributed by atoms with E-state index in [-0.39, 0.29) is 17.8 Å². The Kier molecular flexibility index (Phi) is 5.66. The highest BCUT2D eigenvalue weighted by Gasteiger charge is 2.36. The minimum Gasteiger partial charge on any atom is -0.497 e. The molecule has 1 amide bonds. The minimum absolute atomic E-state index is 0.0113. The number of nitrogens with zero attached hydrogens (tertiary/aromatic N) is 4. The molecule has 1 aliphatic carbocycles. The fourth-order valence-electron chi connectivity index (χ4n) is 3.73. The van der Waals surface area contributed by atoms with Crippen LogP contribution in [0, 0.1) is 12.8 Å². The second-order valence-electron chi connectivity index (χ2n) is 7.91. The molecule has 1 atom stereocenters. The van der Waals surface area contributed by atoms with E-state index in [1.807, 2.05) is 19.1 Å². The lowest BCUT2D eigenvalue weighted by Crippen LogP contribution is -2.40. The third-order valence-electron chi connectivity index (χ3n) is 5.81. The predicted molar refractivity (Wildman–Crippen MR) is 113 cm³/mol. The summed E-state index contributed by atoms with van der Waals surface area (Å²) in [5.74, 6) is 1.11. The van der Waals surface area contributed by atoms with Crippen LogP contribution in [0.2, 0.25) is 0 Å². The van der Waals surface area contributed by atoms with Crippen molar-refractivity contribution < 1.29 is 22.7 Å².